The van der Waals surface area contributed by atoms with Crippen LogP contribution in [0.4, 0.5) is 4.39 Å². The fraction of sp³-hybridized carbons (Fsp3) is 0.500. The molecule has 0 bridgehead atoms. The van der Waals surface area contributed by atoms with Crippen LogP contribution in [0.3, 0.4) is 0 Å². The zero-order chi connectivity index (χ0) is 14.7. The number of nitrogens with zero attached hydrogens (tertiary/aromatic N) is 1. The summed E-state index contributed by atoms with van der Waals surface area (Å²) < 4.78 is 14.4. The molecule has 1 aromatic rings. The van der Waals surface area contributed by atoms with Gasteiger partial charge in [0, 0.05) is 30.7 Å². The van der Waals surface area contributed by atoms with Gasteiger partial charge < -0.3 is 10.4 Å². The van der Waals surface area contributed by atoms with Gasteiger partial charge >= 0.3 is 0 Å². The second kappa shape index (κ2) is 6.65. The number of rotatable bonds is 4. The van der Waals surface area contributed by atoms with Crippen molar-refractivity contribution < 1.29 is 14.3 Å². The van der Waals surface area contributed by atoms with Gasteiger partial charge in [-0.25, -0.2) is 4.39 Å². The van der Waals surface area contributed by atoms with Crippen LogP contribution in [0.15, 0.2) is 16.6 Å². The highest BCUT2D eigenvalue weighted by Crippen LogP contribution is 2.22. The van der Waals surface area contributed by atoms with E-state index in [4.69, 9.17) is 0 Å². The second-order valence-electron chi connectivity index (χ2n) is 5.03. The minimum Gasteiger partial charge on any atom is -0.392 e. The summed E-state index contributed by atoms with van der Waals surface area (Å²) in [4.78, 5) is 14.1. The number of carbonyl (C=O) groups is 1. The van der Waals surface area contributed by atoms with Crippen molar-refractivity contribution in [2.24, 2.45) is 0 Å². The lowest BCUT2D eigenvalue weighted by Gasteiger charge is -2.16. The molecule has 1 amide bonds. The van der Waals surface area contributed by atoms with Crippen LogP contribution < -0.4 is 5.32 Å². The molecule has 4 nitrogen and oxygen atoms in total. The standard InChI is InChI=1S/C14H18BrFN2O2/c1-9-11(15)2-3-12(16)13(9)14(20)17-5-7-18-6-4-10(19)8-18/h2-3,10,19H,4-8H2,1H3,(H,17,20)/t10-/m1/s1. The molecule has 2 N–H and O–H groups in total. The average Bonchev–Trinajstić information content (AvgIpc) is 2.80. The largest absolute Gasteiger partial charge is 0.392 e. The van der Waals surface area contributed by atoms with E-state index in [1.54, 1.807) is 13.0 Å². The maximum absolute atomic E-state index is 13.7. The van der Waals surface area contributed by atoms with E-state index < -0.39 is 11.7 Å². The first-order valence-electron chi connectivity index (χ1n) is 6.62. The summed E-state index contributed by atoms with van der Waals surface area (Å²) in [5.74, 6) is -0.916. The number of halogens is 2. The van der Waals surface area contributed by atoms with E-state index in [0.29, 0.717) is 29.7 Å². The van der Waals surface area contributed by atoms with Gasteiger partial charge in [-0.2, -0.15) is 0 Å². The number of likely N-dealkylation sites (tertiary alicyclic amines) is 1. The van der Waals surface area contributed by atoms with Crippen LogP contribution in [0.2, 0.25) is 0 Å². The molecule has 6 heteroatoms. The molecular weight excluding hydrogens is 327 g/mol. The molecule has 0 unspecified atom stereocenters. The third-order valence-electron chi connectivity index (χ3n) is 3.54. The lowest BCUT2D eigenvalue weighted by molar-refractivity contribution is 0.0944. The van der Waals surface area contributed by atoms with Crippen molar-refractivity contribution in [1.29, 1.82) is 0 Å². The van der Waals surface area contributed by atoms with Crippen LogP contribution in [-0.2, 0) is 0 Å². The Balaban J connectivity index is 1.91. The predicted molar refractivity (Wildman–Crippen MR) is 78.2 cm³/mol. The molecule has 1 aliphatic rings. The van der Waals surface area contributed by atoms with Crippen LogP contribution in [-0.4, -0.2) is 48.2 Å². The quantitative estimate of drug-likeness (QED) is 0.873. The van der Waals surface area contributed by atoms with Gasteiger partial charge in [-0.1, -0.05) is 15.9 Å². The van der Waals surface area contributed by atoms with E-state index in [-0.39, 0.29) is 11.7 Å². The average molecular weight is 345 g/mol. The fourth-order valence-electron chi connectivity index (χ4n) is 2.36. The van der Waals surface area contributed by atoms with Crippen LogP contribution in [0, 0.1) is 12.7 Å². The topological polar surface area (TPSA) is 52.6 Å². The number of aliphatic hydroxyl groups excluding tert-OH is 1. The van der Waals surface area contributed by atoms with E-state index in [2.05, 4.69) is 26.1 Å². The minimum atomic E-state index is -0.514. The van der Waals surface area contributed by atoms with Crippen molar-refractivity contribution in [3.63, 3.8) is 0 Å². The van der Waals surface area contributed by atoms with E-state index in [9.17, 15) is 14.3 Å². The molecule has 0 aliphatic carbocycles. The Bertz CT molecular complexity index is 510. The molecule has 1 saturated heterocycles. The maximum atomic E-state index is 13.7. The SMILES string of the molecule is Cc1c(Br)ccc(F)c1C(=O)NCCN1CC[C@@H](O)C1. The van der Waals surface area contributed by atoms with Crippen LogP contribution in [0.1, 0.15) is 22.3 Å². The molecule has 1 aliphatic heterocycles. The molecule has 20 heavy (non-hydrogen) atoms. The molecule has 0 spiro atoms. The molecule has 2 rings (SSSR count). The third-order valence-corrected chi connectivity index (χ3v) is 4.40. The number of amides is 1. The molecule has 0 aromatic heterocycles. The summed E-state index contributed by atoms with van der Waals surface area (Å²) >= 11 is 3.29. The second-order valence-corrected chi connectivity index (χ2v) is 5.88. The smallest absolute Gasteiger partial charge is 0.254 e. The third kappa shape index (κ3) is 3.56. The Morgan fingerprint density at radius 3 is 3.00 bits per heavy atom. The number of hydrogen-bond acceptors (Lipinski definition) is 3. The van der Waals surface area contributed by atoms with Crippen LogP contribution >= 0.6 is 15.9 Å². The van der Waals surface area contributed by atoms with Gasteiger partial charge in [-0.15, -0.1) is 0 Å². The van der Waals surface area contributed by atoms with E-state index in [0.717, 1.165) is 13.0 Å². The van der Waals surface area contributed by atoms with Gasteiger partial charge in [0.25, 0.3) is 5.91 Å². The Morgan fingerprint density at radius 1 is 1.60 bits per heavy atom. The lowest BCUT2D eigenvalue weighted by Crippen LogP contribution is -2.34. The molecule has 110 valence electrons. The first-order valence-corrected chi connectivity index (χ1v) is 7.41. The van der Waals surface area contributed by atoms with Gasteiger partial charge in [0.2, 0.25) is 0 Å². The van der Waals surface area contributed by atoms with Crippen LogP contribution in [0.25, 0.3) is 0 Å². The highest BCUT2D eigenvalue weighted by Gasteiger charge is 2.20. The molecule has 0 radical (unpaired) electrons. The van der Waals surface area contributed by atoms with Crippen molar-refractivity contribution in [2.45, 2.75) is 19.4 Å². The Labute approximate surface area is 126 Å². The van der Waals surface area contributed by atoms with Crippen molar-refractivity contribution in [2.75, 3.05) is 26.2 Å². The summed E-state index contributed by atoms with van der Waals surface area (Å²) in [6.45, 7) is 4.29. The molecule has 1 fully saturated rings. The van der Waals surface area contributed by atoms with Gasteiger partial charge in [-0.05, 0) is 31.0 Å². The molecule has 1 atom stereocenters. The van der Waals surface area contributed by atoms with E-state index >= 15 is 0 Å². The van der Waals surface area contributed by atoms with E-state index in [1.165, 1.54) is 6.07 Å². The summed E-state index contributed by atoms with van der Waals surface area (Å²) in [5, 5.41) is 12.1. The van der Waals surface area contributed by atoms with Crippen LogP contribution in [0.5, 0.6) is 0 Å². The number of nitrogens with one attached hydrogen (secondary N) is 1. The number of hydrogen-bond donors (Lipinski definition) is 2. The highest BCUT2D eigenvalue weighted by atomic mass is 79.9. The summed E-state index contributed by atoms with van der Waals surface area (Å²) in [6.07, 6.45) is 0.503. The summed E-state index contributed by atoms with van der Waals surface area (Å²) in [5.41, 5.74) is 0.680. The summed E-state index contributed by atoms with van der Waals surface area (Å²) in [6, 6.07) is 2.87. The highest BCUT2D eigenvalue weighted by molar-refractivity contribution is 9.10. The molecule has 0 saturated carbocycles. The number of benzene rings is 1. The van der Waals surface area contributed by atoms with Crippen molar-refractivity contribution in [3.8, 4) is 0 Å². The summed E-state index contributed by atoms with van der Waals surface area (Å²) in [7, 11) is 0. The zero-order valence-corrected chi connectivity index (χ0v) is 12.9. The fourth-order valence-corrected chi connectivity index (χ4v) is 2.69. The Hall–Kier alpha value is -0.980. The zero-order valence-electron chi connectivity index (χ0n) is 11.3. The van der Waals surface area contributed by atoms with Gasteiger partial charge in [-0.3, -0.25) is 9.69 Å². The van der Waals surface area contributed by atoms with Crippen molar-refractivity contribution in [1.82, 2.24) is 10.2 Å². The maximum Gasteiger partial charge on any atom is 0.254 e. The normalized spacial score (nSPS) is 19.3. The Kier molecular flexibility index (Phi) is 5.12. The van der Waals surface area contributed by atoms with E-state index in [1.807, 2.05) is 0 Å². The molecule has 1 aromatic carbocycles. The lowest BCUT2D eigenvalue weighted by atomic mass is 10.1. The first-order chi connectivity index (χ1) is 9.49. The monoisotopic (exact) mass is 344 g/mol. The first kappa shape index (κ1) is 15.4. The van der Waals surface area contributed by atoms with Gasteiger partial charge in [0.05, 0.1) is 11.7 Å². The molecule has 1 heterocycles. The minimum absolute atomic E-state index is 0.0841. The Morgan fingerprint density at radius 2 is 2.35 bits per heavy atom. The number of carbonyl (C=O) groups excluding carboxylic acids is 1. The number of β-amino-alcohol motifs (C(OH)–C–C–N with tert-alkyl or cyclic N) is 1. The molecular formula is C14H18BrFN2O2. The predicted octanol–water partition coefficient (Wildman–Crippen LogP) is 1.69. The number of aliphatic hydroxyl groups is 1. The van der Waals surface area contributed by atoms with Gasteiger partial charge in [0.1, 0.15) is 5.82 Å². The van der Waals surface area contributed by atoms with Gasteiger partial charge in [0.15, 0.2) is 0 Å². The van der Waals surface area contributed by atoms with Crippen molar-refractivity contribution in [3.05, 3.63) is 33.5 Å². The van der Waals surface area contributed by atoms with Crippen molar-refractivity contribution >= 4 is 21.8 Å².